The van der Waals surface area contributed by atoms with E-state index in [1.165, 1.54) is 0 Å². The molecule has 0 aliphatic heterocycles. The van der Waals surface area contributed by atoms with E-state index < -0.39 is 0 Å². The molecule has 4 nitrogen and oxygen atoms in total. The van der Waals surface area contributed by atoms with Gasteiger partial charge in [-0.3, -0.25) is 9.69 Å². The van der Waals surface area contributed by atoms with Crippen LogP contribution in [0.1, 0.15) is 24.3 Å². The highest BCUT2D eigenvalue weighted by Crippen LogP contribution is 2.15. The lowest BCUT2D eigenvalue weighted by Crippen LogP contribution is -2.36. The third-order valence-electron chi connectivity index (χ3n) is 3.17. The number of rotatable bonds is 6. The van der Waals surface area contributed by atoms with E-state index in [4.69, 9.17) is 16.0 Å². The summed E-state index contributed by atoms with van der Waals surface area (Å²) in [6, 6.07) is 11.2. The topological polar surface area (TPSA) is 45.5 Å². The van der Waals surface area contributed by atoms with Crippen molar-refractivity contribution in [3.8, 4) is 0 Å². The highest BCUT2D eigenvalue weighted by atomic mass is 35.5. The fourth-order valence-corrected chi connectivity index (χ4v) is 2.22. The number of carbonyl (C=O) groups excluding carboxylic acids is 1. The molecule has 2 aromatic rings. The molecule has 0 spiro atoms. The van der Waals surface area contributed by atoms with Crippen LogP contribution in [0.2, 0.25) is 5.02 Å². The predicted octanol–water partition coefficient (Wildman–Crippen LogP) is 3.24. The quantitative estimate of drug-likeness (QED) is 0.891. The Morgan fingerprint density at radius 2 is 2.05 bits per heavy atom. The zero-order chi connectivity index (χ0) is 15.2. The van der Waals surface area contributed by atoms with Gasteiger partial charge in [-0.1, -0.05) is 23.7 Å². The van der Waals surface area contributed by atoms with Gasteiger partial charge >= 0.3 is 0 Å². The van der Waals surface area contributed by atoms with E-state index in [0.717, 1.165) is 11.3 Å². The van der Waals surface area contributed by atoms with Crippen molar-refractivity contribution >= 4 is 17.5 Å². The largest absolute Gasteiger partial charge is 0.468 e. The first kappa shape index (κ1) is 15.6. The summed E-state index contributed by atoms with van der Waals surface area (Å²) in [6.45, 7) is 2.88. The average Bonchev–Trinajstić information content (AvgIpc) is 2.91. The van der Waals surface area contributed by atoms with Crippen LogP contribution in [-0.4, -0.2) is 24.4 Å². The Balaban J connectivity index is 1.82. The molecule has 0 aliphatic carbocycles. The molecule has 0 saturated carbocycles. The SMILES string of the molecule is C[C@H](NC(=O)CN(C)Cc1ccco1)c1ccc(Cl)cc1. The van der Waals surface area contributed by atoms with Gasteiger partial charge in [-0.15, -0.1) is 0 Å². The van der Waals surface area contributed by atoms with Gasteiger partial charge in [0, 0.05) is 5.02 Å². The number of hydrogen-bond donors (Lipinski definition) is 1. The number of carbonyl (C=O) groups is 1. The van der Waals surface area contributed by atoms with Crippen LogP contribution in [-0.2, 0) is 11.3 Å². The van der Waals surface area contributed by atoms with Gasteiger partial charge in [0.25, 0.3) is 0 Å². The van der Waals surface area contributed by atoms with Crippen molar-refractivity contribution in [2.24, 2.45) is 0 Å². The lowest BCUT2D eigenvalue weighted by atomic mass is 10.1. The summed E-state index contributed by atoms with van der Waals surface area (Å²) in [5, 5.41) is 3.66. The van der Waals surface area contributed by atoms with Gasteiger partial charge in [0.15, 0.2) is 0 Å². The fraction of sp³-hybridized carbons (Fsp3) is 0.312. The highest BCUT2D eigenvalue weighted by molar-refractivity contribution is 6.30. The zero-order valence-corrected chi connectivity index (χ0v) is 12.9. The fourth-order valence-electron chi connectivity index (χ4n) is 2.09. The van der Waals surface area contributed by atoms with Gasteiger partial charge in [0.05, 0.1) is 25.4 Å². The Morgan fingerprint density at radius 1 is 1.33 bits per heavy atom. The number of amides is 1. The van der Waals surface area contributed by atoms with E-state index in [1.54, 1.807) is 6.26 Å². The molecule has 2 rings (SSSR count). The minimum absolute atomic E-state index is 0.0218. The molecule has 0 saturated heterocycles. The molecule has 0 aliphatic rings. The molecule has 1 heterocycles. The monoisotopic (exact) mass is 306 g/mol. The smallest absolute Gasteiger partial charge is 0.234 e. The number of halogens is 1. The van der Waals surface area contributed by atoms with Crippen molar-refractivity contribution in [3.63, 3.8) is 0 Å². The van der Waals surface area contributed by atoms with Crippen LogP contribution in [0, 0.1) is 0 Å². The highest BCUT2D eigenvalue weighted by Gasteiger charge is 2.12. The van der Waals surface area contributed by atoms with Crippen molar-refractivity contribution in [1.82, 2.24) is 10.2 Å². The Bertz CT molecular complexity index is 566. The summed E-state index contributed by atoms with van der Waals surface area (Å²) < 4.78 is 5.26. The van der Waals surface area contributed by atoms with Crippen molar-refractivity contribution in [1.29, 1.82) is 0 Å². The van der Waals surface area contributed by atoms with Crippen LogP contribution < -0.4 is 5.32 Å². The Morgan fingerprint density at radius 3 is 2.67 bits per heavy atom. The number of nitrogens with one attached hydrogen (secondary N) is 1. The molecule has 21 heavy (non-hydrogen) atoms. The average molecular weight is 307 g/mol. The van der Waals surface area contributed by atoms with E-state index >= 15 is 0 Å². The lowest BCUT2D eigenvalue weighted by Gasteiger charge is -2.18. The molecule has 1 atom stereocenters. The third kappa shape index (κ3) is 4.92. The van der Waals surface area contributed by atoms with Gasteiger partial charge in [0.2, 0.25) is 5.91 Å². The van der Waals surface area contributed by atoms with Gasteiger partial charge in [-0.25, -0.2) is 0 Å². The van der Waals surface area contributed by atoms with Crippen molar-refractivity contribution in [3.05, 3.63) is 59.0 Å². The number of furan rings is 1. The maximum absolute atomic E-state index is 12.0. The maximum atomic E-state index is 12.0. The van der Waals surface area contributed by atoms with E-state index in [0.29, 0.717) is 18.1 Å². The molecule has 0 fully saturated rings. The lowest BCUT2D eigenvalue weighted by molar-refractivity contribution is -0.122. The minimum atomic E-state index is -0.0493. The van der Waals surface area contributed by atoms with E-state index in [9.17, 15) is 4.79 Å². The summed E-state index contributed by atoms with van der Waals surface area (Å²) in [5.74, 6) is 0.822. The maximum Gasteiger partial charge on any atom is 0.234 e. The van der Waals surface area contributed by atoms with Crippen LogP contribution in [0.4, 0.5) is 0 Å². The summed E-state index contributed by atoms with van der Waals surface area (Å²) >= 11 is 5.86. The summed E-state index contributed by atoms with van der Waals surface area (Å²) in [5.41, 5.74) is 1.03. The molecule has 0 radical (unpaired) electrons. The van der Waals surface area contributed by atoms with E-state index in [2.05, 4.69) is 5.32 Å². The van der Waals surface area contributed by atoms with Crippen molar-refractivity contribution in [2.75, 3.05) is 13.6 Å². The standard InChI is InChI=1S/C16H19ClN2O2/c1-12(13-5-7-14(17)8-6-13)18-16(20)11-19(2)10-15-4-3-9-21-15/h3-9,12H,10-11H2,1-2H3,(H,18,20)/t12-/m0/s1. The predicted molar refractivity (Wildman–Crippen MR) is 83.1 cm³/mol. The van der Waals surface area contributed by atoms with Gasteiger partial charge in [0.1, 0.15) is 5.76 Å². The first-order valence-corrected chi connectivity index (χ1v) is 7.18. The van der Waals surface area contributed by atoms with Gasteiger partial charge in [-0.2, -0.15) is 0 Å². The molecule has 1 aromatic carbocycles. The van der Waals surface area contributed by atoms with Crippen molar-refractivity contribution < 1.29 is 9.21 Å². The second-order valence-corrected chi connectivity index (χ2v) is 5.53. The Kier molecular flexibility index (Phi) is 5.42. The normalized spacial score (nSPS) is 12.4. The van der Waals surface area contributed by atoms with Gasteiger partial charge < -0.3 is 9.73 Å². The molecule has 0 bridgehead atoms. The minimum Gasteiger partial charge on any atom is -0.468 e. The number of likely N-dealkylation sites (N-methyl/N-ethyl adjacent to an activating group) is 1. The molecule has 112 valence electrons. The van der Waals surface area contributed by atoms with Crippen LogP contribution in [0.25, 0.3) is 0 Å². The van der Waals surface area contributed by atoms with Crippen molar-refractivity contribution in [2.45, 2.75) is 19.5 Å². The summed E-state index contributed by atoms with van der Waals surface area (Å²) in [4.78, 5) is 13.9. The Labute approximate surface area is 129 Å². The number of benzene rings is 1. The summed E-state index contributed by atoms with van der Waals surface area (Å²) in [7, 11) is 1.88. The van der Waals surface area contributed by atoms with Crippen LogP contribution in [0.5, 0.6) is 0 Å². The first-order valence-electron chi connectivity index (χ1n) is 6.80. The van der Waals surface area contributed by atoms with E-state index in [1.807, 2.05) is 55.3 Å². The summed E-state index contributed by atoms with van der Waals surface area (Å²) in [6.07, 6.45) is 1.63. The third-order valence-corrected chi connectivity index (χ3v) is 3.42. The first-order chi connectivity index (χ1) is 10.0. The van der Waals surface area contributed by atoms with Gasteiger partial charge in [-0.05, 0) is 43.8 Å². The number of nitrogens with zero attached hydrogens (tertiary/aromatic N) is 1. The van der Waals surface area contributed by atoms with Crippen LogP contribution >= 0.6 is 11.6 Å². The zero-order valence-electron chi connectivity index (χ0n) is 12.2. The molecule has 5 heteroatoms. The molecule has 1 amide bonds. The Hall–Kier alpha value is -1.78. The number of hydrogen-bond acceptors (Lipinski definition) is 3. The van der Waals surface area contributed by atoms with Crippen LogP contribution in [0.3, 0.4) is 0 Å². The molecular formula is C16H19ClN2O2. The molecule has 1 aromatic heterocycles. The molecule has 0 unspecified atom stereocenters. The molecule has 1 N–H and O–H groups in total. The second kappa shape index (κ2) is 7.29. The van der Waals surface area contributed by atoms with E-state index in [-0.39, 0.29) is 11.9 Å². The second-order valence-electron chi connectivity index (χ2n) is 5.09. The van der Waals surface area contributed by atoms with Crippen LogP contribution in [0.15, 0.2) is 47.1 Å². The molecular weight excluding hydrogens is 288 g/mol.